The van der Waals surface area contributed by atoms with Crippen LogP contribution in [0.1, 0.15) is 6.92 Å². The number of fused-ring (bicyclic) bond motifs is 1. The van der Waals surface area contributed by atoms with Crippen LogP contribution in [-0.2, 0) is 11.3 Å². The number of nitrogens with zero attached hydrogens (tertiary/aromatic N) is 2. The monoisotopic (exact) mass is 232 g/mol. The van der Waals surface area contributed by atoms with Gasteiger partial charge in [0.05, 0.1) is 23.9 Å². The number of carbonyl (C=O) groups is 1. The fourth-order valence-electron chi connectivity index (χ4n) is 1.76. The van der Waals surface area contributed by atoms with Crippen LogP contribution >= 0.6 is 0 Å². The van der Waals surface area contributed by atoms with Crippen LogP contribution in [0.15, 0.2) is 30.6 Å². The lowest BCUT2D eigenvalue weighted by Crippen LogP contribution is -2.54. The Morgan fingerprint density at radius 2 is 2.24 bits per heavy atom. The molecule has 1 amide bonds. The fraction of sp³-hybridized carbons (Fsp3) is 0.333. The minimum Gasteiger partial charge on any atom is -0.368 e. The Bertz CT molecular complexity index is 548. The van der Waals surface area contributed by atoms with Crippen molar-refractivity contribution in [3.63, 3.8) is 0 Å². The van der Waals surface area contributed by atoms with Gasteiger partial charge < -0.3 is 15.6 Å². The zero-order valence-electron chi connectivity index (χ0n) is 9.97. The number of imidazole rings is 1. The molecule has 1 atom stereocenters. The van der Waals surface area contributed by atoms with Gasteiger partial charge in [-0.05, 0) is 26.1 Å². The van der Waals surface area contributed by atoms with E-state index in [0.717, 1.165) is 11.0 Å². The summed E-state index contributed by atoms with van der Waals surface area (Å²) in [6, 6.07) is 7.79. The quantitative estimate of drug-likeness (QED) is 0.806. The van der Waals surface area contributed by atoms with Gasteiger partial charge in [-0.15, -0.1) is 0 Å². The van der Waals surface area contributed by atoms with Crippen LogP contribution in [0.25, 0.3) is 11.0 Å². The average Bonchev–Trinajstić information content (AvgIpc) is 2.72. The molecule has 5 nitrogen and oxygen atoms in total. The van der Waals surface area contributed by atoms with Gasteiger partial charge in [0, 0.05) is 0 Å². The molecule has 1 heterocycles. The minimum absolute atomic E-state index is 0.377. The first-order valence-electron chi connectivity index (χ1n) is 5.45. The highest BCUT2D eigenvalue weighted by atomic mass is 16.1. The van der Waals surface area contributed by atoms with Gasteiger partial charge in [0.1, 0.15) is 5.54 Å². The summed E-state index contributed by atoms with van der Waals surface area (Å²) in [5.74, 6) is -0.377. The van der Waals surface area contributed by atoms with E-state index in [1.54, 1.807) is 20.3 Å². The molecule has 2 aromatic rings. The lowest BCUT2D eigenvalue weighted by Gasteiger charge is -2.26. The van der Waals surface area contributed by atoms with Crippen LogP contribution < -0.4 is 11.1 Å². The van der Waals surface area contributed by atoms with Crippen molar-refractivity contribution in [2.75, 3.05) is 7.05 Å². The number of likely N-dealkylation sites (N-methyl/N-ethyl adjacent to an activating group) is 1. The van der Waals surface area contributed by atoms with Gasteiger partial charge in [-0.25, -0.2) is 4.98 Å². The molecule has 0 aliphatic heterocycles. The number of rotatable bonds is 4. The minimum atomic E-state index is -0.774. The predicted molar refractivity (Wildman–Crippen MR) is 66.4 cm³/mol. The summed E-state index contributed by atoms with van der Waals surface area (Å²) in [6.07, 6.45) is 1.73. The predicted octanol–water partition coefficient (Wildman–Crippen LogP) is 0.500. The number of hydrogen-bond acceptors (Lipinski definition) is 3. The van der Waals surface area contributed by atoms with E-state index in [2.05, 4.69) is 10.3 Å². The number of aromatic nitrogens is 2. The second kappa shape index (κ2) is 4.18. The number of benzene rings is 1. The number of nitrogens with two attached hydrogens (primary N) is 1. The Labute approximate surface area is 99.6 Å². The van der Waals surface area contributed by atoms with Crippen LogP contribution in [0.4, 0.5) is 0 Å². The maximum atomic E-state index is 11.4. The number of carbonyl (C=O) groups excluding carboxylic acids is 1. The summed E-state index contributed by atoms with van der Waals surface area (Å²) >= 11 is 0. The number of primary amides is 1. The lowest BCUT2D eigenvalue weighted by atomic mass is 10.0. The standard InChI is InChI=1S/C12H16N4O/c1-12(14-2,11(13)17)7-16-8-15-9-5-3-4-6-10(9)16/h3-6,8,14H,7H2,1-2H3,(H2,13,17). The first-order valence-corrected chi connectivity index (χ1v) is 5.45. The van der Waals surface area contributed by atoms with E-state index < -0.39 is 5.54 Å². The third kappa shape index (κ3) is 2.01. The average molecular weight is 232 g/mol. The maximum absolute atomic E-state index is 11.4. The van der Waals surface area contributed by atoms with Crippen LogP contribution in [-0.4, -0.2) is 28.0 Å². The molecule has 1 aromatic carbocycles. The molecule has 3 N–H and O–H groups in total. The van der Waals surface area contributed by atoms with Gasteiger partial charge >= 0.3 is 0 Å². The number of hydrogen-bond donors (Lipinski definition) is 2. The van der Waals surface area contributed by atoms with E-state index >= 15 is 0 Å². The van der Waals surface area contributed by atoms with E-state index in [-0.39, 0.29) is 5.91 Å². The van der Waals surface area contributed by atoms with Crippen molar-refractivity contribution in [1.82, 2.24) is 14.9 Å². The van der Waals surface area contributed by atoms with Crippen molar-refractivity contribution in [2.45, 2.75) is 19.0 Å². The largest absolute Gasteiger partial charge is 0.368 e. The molecule has 5 heteroatoms. The second-order valence-corrected chi connectivity index (χ2v) is 4.31. The first kappa shape index (κ1) is 11.6. The van der Waals surface area contributed by atoms with E-state index in [0.29, 0.717) is 6.54 Å². The van der Waals surface area contributed by atoms with E-state index in [9.17, 15) is 4.79 Å². The number of amides is 1. The molecule has 0 bridgehead atoms. The Morgan fingerprint density at radius 3 is 2.88 bits per heavy atom. The molecule has 0 aliphatic carbocycles. The van der Waals surface area contributed by atoms with E-state index in [1.807, 2.05) is 28.8 Å². The third-order valence-electron chi connectivity index (χ3n) is 3.11. The summed E-state index contributed by atoms with van der Waals surface area (Å²) in [6.45, 7) is 2.24. The van der Waals surface area contributed by atoms with Crippen molar-refractivity contribution < 1.29 is 4.79 Å². The van der Waals surface area contributed by atoms with E-state index in [4.69, 9.17) is 5.73 Å². The van der Waals surface area contributed by atoms with Crippen molar-refractivity contribution in [1.29, 1.82) is 0 Å². The highest BCUT2D eigenvalue weighted by Crippen LogP contribution is 2.15. The van der Waals surface area contributed by atoms with Gasteiger partial charge in [-0.1, -0.05) is 12.1 Å². The summed E-state index contributed by atoms with van der Waals surface area (Å²) in [7, 11) is 1.73. The summed E-state index contributed by atoms with van der Waals surface area (Å²) < 4.78 is 1.93. The fourth-order valence-corrected chi connectivity index (χ4v) is 1.76. The molecule has 0 spiro atoms. The van der Waals surface area contributed by atoms with Gasteiger partial charge in [-0.2, -0.15) is 0 Å². The van der Waals surface area contributed by atoms with Crippen molar-refractivity contribution >= 4 is 16.9 Å². The third-order valence-corrected chi connectivity index (χ3v) is 3.11. The summed E-state index contributed by atoms with van der Waals surface area (Å²) in [5.41, 5.74) is 6.54. The second-order valence-electron chi connectivity index (χ2n) is 4.31. The summed E-state index contributed by atoms with van der Waals surface area (Å²) in [4.78, 5) is 15.7. The zero-order valence-corrected chi connectivity index (χ0v) is 9.97. The Morgan fingerprint density at radius 1 is 1.53 bits per heavy atom. The van der Waals surface area contributed by atoms with Gasteiger partial charge in [0.25, 0.3) is 0 Å². The number of para-hydroxylation sites is 2. The number of nitrogens with one attached hydrogen (secondary N) is 1. The molecule has 17 heavy (non-hydrogen) atoms. The van der Waals surface area contributed by atoms with Gasteiger partial charge in [-0.3, -0.25) is 4.79 Å². The molecule has 0 radical (unpaired) electrons. The molecule has 90 valence electrons. The molecule has 0 saturated heterocycles. The SMILES string of the molecule is CNC(C)(Cn1cnc2ccccc21)C(N)=O. The van der Waals surface area contributed by atoms with Crippen LogP contribution in [0.3, 0.4) is 0 Å². The molecule has 0 fully saturated rings. The Hall–Kier alpha value is -1.88. The molecule has 2 rings (SSSR count). The lowest BCUT2D eigenvalue weighted by molar-refractivity contribution is -0.124. The Kier molecular flexibility index (Phi) is 2.85. The van der Waals surface area contributed by atoms with E-state index in [1.165, 1.54) is 0 Å². The van der Waals surface area contributed by atoms with Crippen molar-refractivity contribution in [2.24, 2.45) is 5.73 Å². The topological polar surface area (TPSA) is 72.9 Å². The molecule has 0 saturated carbocycles. The van der Waals surface area contributed by atoms with Crippen LogP contribution in [0.2, 0.25) is 0 Å². The molecule has 1 unspecified atom stereocenters. The van der Waals surface area contributed by atoms with Gasteiger partial charge in [0.15, 0.2) is 0 Å². The highest BCUT2D eigenvalue weighted by Gasteiger charge is 2.29. The maximum Gasteiger partial charge on any atom is 0.239 e. The Balaban J connectivity index is 2.38. The highest BCUT2D eigenvalue weighted by molar-refractivity contribution is 5.84. The van der Waals surface area contributed by atoms with Crippen LogP contribution in [0, 0.1) is 0 Å². The summed E-state index contributed by atoms with van der Waals surface area (Å²) in [5, 5.41) is 2.96. The molecule has 0 aliphatic rings. The smallest absolute Gasteiger partial charge is 0.239 e. The van der Waals surface area contributed by atoms with Crippen LogP contribution in [0.5, 0.6) is 0 Å². The van der Waals surface area contributed by atoms with Gasteiger partial charge in [0.2, 0.25) is 5.91 Å². The van der Waals surface area contributed by atoms with Crippen molar-refractivity contribution in [3.8, 4) is 0 Å². The molecule has 1 aromatic heterocycles. The zero-order chi connectivity index (χ0) is 12.5. The molecular weight excluding hydrogens is 216 g/mol. The molecular formula is C12H16N4O. The first-order chi connectivity index (χ1) is 8.07. The van der Waals surface area contributed by atoms with Crippen molar-refractivity contribution in [3.05, 3.63) is 30.6 Å². The normalized spacial score (nSPS) is 14.7.